The summed E-state index contributed by atoms with van der Waals surface area (Å²) in [5, 5.41) is 0. The van der Waals surface area contributed by atoms with E-state index in [0.717, 1.165) is 6.07 Å². The van der Waals surface area contributed by atoms with Gasteiger partial charge in [-0.3, -0.25) is 0 Å². The van der Waals surface area contributed by atoms with Gasteiger partial charge >= 0.3 is 0 Å². The lowest BCUT2D eigenvalue weighted by atomic mass is 9.94. The molecular formula is C11H12F3N. The van der Waals surface area contributed by atoms with Crippen LogP contribution in [-0.4, -0.2) is 12.5 Å². The van der Waals surface area contributed by atoms with E-state index in [1.807, 2.05) is 0 Å². The highest BCUT2D eigenvalue weighted by molar-refractivity contribution is 5.40. The first-order valence-corrected chi connectivity index (χ1v) is 4.77. The van der Waals surface area contributed by atoms with E-state index in [-0.39, 0.29) is 13.0 Å². The normalized spacial score (nSPS) is 27.8. The minimum atomic E-state index is -2.79. The van der Waals surface area contributed by atoms with Crippen LogP contribution in [0.2, 0.25) is 0 Å². The largest absolute Gasteiger partial charge is 0.329 e. The number of benzene rings is 1. The van der Waals surface area contributed by atoms with Crippen molar-refractivity contribution in [3.63, 3.8) is 0 Å². The summed E-state index contributed by atoms with van der Waals surface area (Å²) in [6, 6.07) is 4.05. The lowest BCUT2D eigenvalue weighted by Crippen LogP contribution is -2.27. The molecule has 1 fully saturated rings. The highest BCUT2D eigenvalue weighted by Gasteiger charge is 2.71. The molecule has 1 unspecified atom stereocenters. The zero-order chi connectivity index (χ0) is 11.3. The van der Waals surface area contributed by atoms with E-state index in [4.69, 9.17) is 5.73 Å². The highest BCUT2D eigenvalue weighted by Crippen LogP contribution is 2.60. The Bertz CT molecular complexity index is 383. The van der Waals surface area contributed by atoms with Crippen LogP contribution in [0, 0.1) is 12.7 Å². The van der Waals surface area contributed by atoms with Crippen molar-refractivity contribution in [2.24, 2.45) is 5.73 Å². The summed E-state index contributed by atoms with van der Waals surface area (Å²) in [7, 11) is 0. The van der Waals surface area contributed by atoms with Gasteiger partial charge in [0.2, 0.25) is 0 Å². The van der Waals surface area contributed by atoms with Crippen molar-refractivity contribution in [3.8, 4) is 0 Å². The van der Waals surface area contributed by atoms with Crippen LogP contribution in [0.15, 0.2) is 18.2 Å². The van der Waals surface area contributed by atoms with Gasteiger partial charge in [-0.2, -0.15) is 0 Å². The van der Waals surface area contributed by atoms with E-state index < -0.39 is 17.2 Å². The minimum absolute atomic E-state index is 0.150. The summed E-state index contributed by atoms with van der Waals surface area (Å²) >= 11 is 0. The van der Waals surface area contributed by atoms with E-state index in [1.165, 1.54) is 6.07 Å². The molecule has 0 aliphatic heterocycles. The Morgan fingerprint density at radius 1 is 1.33 bits per heavy atom. The molecule has 1 atom stereocenters. The smallest absolute Gasteiger partial charge is 0.260 e. The summed E-state index contributed by atoms with van der Waals surface area (Å²) in [6.07, 6.45) is -0.278. The molecule has 1 aromatic carbocycles. The third-order valence-electron chi connectivity index (χ3n) is 3.04. The van der Waals surface area contributed by atoms with Crippen molar-refractivity contribution in [1.29, 1.82) is 0 Å². The molecule has 0 bridgehead atoms. The topological polar surface area (TPSA) is 26.0 Å². The summed E-state index contributed by atoms with van der Waals surface area (Å²) in [5.41, 5.74) is 4.99. The molecule has 15 heavy (non-hydrogen) atoms. The molecular weight excluding hydrogens is 203 g/mol. The highest BCUT2D eigenvalue weighted by atomic mass is 19.3. The first-order chi connectivity index (χ1) is 6.91. The van der Waals surface area contributed by atoms with Gasteiger partial charge in [0.15, 0.2) is 0 Å². The van der Waals surface area contributed by atoms with Gasteiger partial charge in [0, 0.05) is 13.0 Å². The van der Waals surface area contributed by atoms with Crippen LogP contribution in [0.5, 0.6) is 0 Å². The van der Waals surface area contributed by atoms with Gasteiger partial charge in [0.05, 0.1) is 5.41 Å². The van der Waals surface area contributed by atoms with E-state index in [9.17, 15) is 13.2 Å². The first-order valence-electron chi connectivity index (χ1n) is 4.77. The summed E-state index contributed by atoms with van der Waals surface area (Å²) in [5.74, 6) is -3.28. The second-order valence-electron chi connectivity index (χ2n) is 4.18. The number of halogens is 3. The second-order valence-corrected chi connectivity index (χ2v) is 4.18. The van der Waals surface area contributed by atoms with Crippen molar-refractivity contribution in [2.75, 3.05) is 6.54 Å². The average Bonchev–Trinajstić information content (AvgIpc) is 2.68. The molecule has 0 heterocycles. The molecule has 0 amide bonds. The average molecular weight is 215 g/mol. The van der Waals surface area contributed by atoms with E-state index in [1.54, 1.807) is 13.0 Å². The Kier molecular flexibility index (Phi) is 2.08. The number of hydrogen-bond donors (Lipinski definition) is 1. The summed E-state index contributed by atoms with van der Waals surface area (Å²) in [4.78, 5) is 0. The zero-order valence-electron chi connectivity index (χ0n) is 8.36. The SMILES string of the molecule is Cc1cc(F)cc(C2(CN)CC2(F)F)c1. The Balaban J connectivity index is 2.46. The van der Waals surface area contributed by atoms with Gasteiger partial charge in [-0.1, -0.05) is 6.07 Å². The van der Waals surface area contributed by atoms with Crippen LogP contribution in [0.4, 0.5) is 13.2 Å². The van der Waals surface area contributed by atoms with E-state index in [0.29, 0.717) is 11.1 Å². The Labute approximate surface area is 86.1 Å². The fourth-order valence-electron chi connectivity index (χ4n) is 2.00. The predicted molar refractivity (Wildman–Crippen MR) is 51.4 cm³/mol. The van der Waals surface area contributed by atoms with Gasteiger partial charge in [-0.15, -0.1) is 0 Å². The third kappa shape index (κ3) is 1.44. The number of aryl methyl sites for hydroxylation is 1. The monoisotopic (exact) mass is 215 g/mol. The van der Waals surface area contributed by atoms with Gasteiger partial charge in [0.25, 0.3) is 5.92 Å². The number of rotatable bonds is 2. The maximum absolute atomic E-state index is 13.2. The van der Waals surface area contributed by atoms with Gasteiger partial charge in [0.1, 0.15) is 5.82 Å². The Morgan fingerprint density at radius 3 is 2.33 bits per heavy atom. The standard InChI is InChI=1S/C11H12F3N/c1-7-2-8(4-9(12)3-7)10(6-15)5-11(10,13)14/h2-4H,5-6,15H2,1H3. The van der Waals surface area contributed by atoms with Crippen molar-refractivity contribution in [3.05, 3.63) is 35.1 Å². The molecule has 0 spiro atoms. The zero-order valence-corrected chi connectivity index (χ0v) is 8.36. The van der Waals surface area contributed by atoms with E-state index >= 15 is 0 Å². The molecule has 82 valence electrons. The molecule has 2 rings (SSSR count). The second kappa shape index (κ2) is 2.98. The van der Waals surface area contributed by atoms with Gasteiger partial charge < -0.3 is 5.73 Å². The summed E-state index contributed by atoms with van der Waals surface area (Å²) in [6.45, 7) is 1.53. The Hall–Kier alpha value is -1.03. The van der Waals surface area contributed by atoms with Crippen LogP contribution in [0.25, 0.3) is 0 Å². The van der Waals surface area contributed by atoms with Crippen LogP contribution in [0.1, 0.15) is 17.5 Å². The van der Waals surface area contributed by atoms with Crippen molar-refractivity contribution in [2.45, 2.75) is 24.7 Å². The van der Waals surface area contributed by atoms with Crippen LogP contribution in [-0.2, 0) is 5.41 Å². The predicted octanol–water partition coefficient (Wildman–Crippen LogP) is 2.37. The molecule has 2 N–H and O–H groups in total. The quantitative estimate of drug-likeness (QED) is 0.805. The van der Waals surface area contributed by atoms with Crippen molar-refractivity contribution >= 4 is 0 Å². The number of hydrogen-bond acceptors (Lipinski definition) is 1. The molecule has 0 saturated heterocycles. The van der Waals surface area contributed by atoms with Crippen LogP contribution in [0.3, 0.4) is 0 Å². The third-order valence-corrected chi connectivity index (χ3v) is 3.04. The maximum atomic E-state index is 13.2. The summed E-state index contributed by atoms with van der Waals surface area (Å²) < 4.78 is 39.5. The molecule has 1 aliphatic carbocycles. The van der Waals surface area contributed by atoms with E-state index in [2.05, 4.69) is 0 Å². The molecule has 1 aromatic rings. The van der Waals surface area contributed by atoms with Crippen molar-refractivity contribution in [1.82, 2.24) is 0 Å². The number of nitrogens with two attached hydrogens (primary N) is 1. The molecule has 1 nitrogen and oxygen atoms in total. The van der Waals surface area contributed by atoms with Gasteiger partial charge in [-0.05, 0) is 30.2 Å². The fraction of sp³-hybridized carbons (Fsp3) is 0.455. The fourth-order valence-corrected chi connectivity index (χ4v) is 2.00. The van der Waals surface area contributed by atoms with Crippen LogP contribution < -0.4 is 5.73 Å². The first kappa shape index (κ1) is 10.5. The Morgan fingerprint density at radius 2 is 1.93 bits per heavy atom. The minimum Gasteiger partial charge on any atom is -0.329 e. The molecule has 1 aliphatic rings. The lowest BCUT2D eigenvalue weighted by molar-refractivity contribution is 0.0895. The molecule has 0 aromatic heterocycles. The molecule has 1 saturated carbocycles. The lowest BCUT2D eigenvalue weighted by Gasteiger charge is -2.15. The maximum Gasteiger partial charge on any atom is 0.260 e. The van der Waals surface area contributed by atoms with Crippen molar-refractivity contribution < 1.29 is 13.2 Å². The number of alkyl halides is 2. The van der Waals surface area contributed by atoms with Gasteiger partial charge in [-0.25, -0.2) is 13.2 Å². The molecule has 4 heteroatoms. The molecule has 0 radical (unpaired) electrons. The van der Waals surface area contributed by atoms with Crippen LogP contribution >= 0.6 is 0 Å².